The Morgan fingerprint density at radius 3 is 1.75 bits per heavy atom. The van der Waals surface area contributed by atoms with Gasteiger partial charge in [0.1, 0.15) is 6.71 Å². The Kier molecular flexibility index (Phi) is 3.67. The topological polar surface area (TPSA) is 0 Å². The molecule has 0 aromatic carbocycles. The van der Waals surface area contributed by atoms with Gasteiger partial charge < -0.3 is 0 Å². The van der Waals surface area contributed by atoms with Gasteiger partial charge in [0.15, 0.2) is 0 Å². The SMILES string of the molecule is CCC1CCC(CC)B1C(C)C. The van der Waals surface area contributed by atoms with Crippen LogP contribution in [0.25, 0.3) is 0 Å². The van der Waals surface area contributed by atoms with Gasteiger partial charge in [-0.1, -0.05) is 70.8 Å². The molecule has 70 valence electrons. The first-order valence-electron chi connectivity index (χ1n) is 5.70. The highest BCUT2D eigenvalue weighted by Crippen LogP contribution is 2.46. The van der Waals surface area contributed by atoms with Gasteiger partial charge in [0.2, 0.25) is 0 Å². The molecule has 2 atom stereocenters. The van der Waals surface area contributed by atoms with Gasteiger partial charge in [-0.3, -0.25) is 0 Å². The van der Waals surface area contributed by atoms with E-state index in [1.54, 1.807) is 0 Å². The molecule has 0 spiro atoms. The second-order valence-corrected chi connectivity index (χ2v) is 4.74. The summed E-state index contributed by atoms with van der Waals surface area (Å²) in [5.74, 6) is 2.98. The van der Waals surface area contributed by atoms with Gasteiger partial charge >= 0.3 is 0 Å². The summed E-state index contributed by atoms with van der Waals surface area (Å²) >= 11 is 0. The summed E-state index contributed by atoms with van der Waals surface area (Å²) in [5.41, 5.74) is 0. The minimum absolute atomic E-state index is 0.905. The van der Waals surface area contributed by atoms with Crippen LogP contribution in [0.2, 0.25) is 17.5 Å². The highest BCUT2D eigenvalue weighted by atomic mass is 14.2. The monoisotopic (exact) mass is 166 g/mol. The second-order valence-electron chi connectivity index (χ2n) is 4.74. The fourth-order valence-electron chi connectivity index (χ4n) is 3.24. The zero-order chi connectivity index (χ0) is 9.14. The van der Waals surface area contributed by atoms with E-state index < -0.39 is 0 Å². The minimum Gasteiger partial charge on any atom is -0.0693 e. The van der Waals surface area contributed by atoms with Crippen molar-refractivity contribution in [2.75, 3.05) is 0 Å². The first kappa shape index (κ1) is 10.1. The van der Waals surface area contributed by atoms with E-state index in [4.69, 9.17) is 0 Å². The van der Waals surface area contributed by atoms with Crippen molar-refractivity contribution in [3.05, 3.63) is 0 Å². The lowest BCUT2D eigenvalue weighted by molar-refractivity contribution is 0.685. The van der Waals surface area contributed by atoms with Gasteiger partial charge in [-0.15, -0.1) is 0 Å². The quantitative estimate of drug-likeness (QED) is 0.550. The normalized spacial score (nSPS) is 30.2. The largest absolute Gasteiger partial charge is 0.149 e. The first-order chi connectivity index (χ1) is 5.70. The fourth-order valence-corrected chi connectivity index (χ4v) is 3.24. The molecule has 1 heteroatoms. The van der Waals surface area contributed by atoms with E-state index >= 15 is 0 Å². The molecule has 12 heavy (non-hydrogen) atoms. The lowest BCUT2D eigenvalue weighted by atomic mass is 9.31. The van der Waals surface area contributed by atoms with Crippen LogP contribution in [0.15, 0.2) is 0 Å². The number of rotatable bonds is 3. The Labute approximate surface area is 78.2 Å². The van der Waals surface area contributed by atoms with Gasteiger partial charge in [-0.2, -0.15) is 0 Å². The average molecular weight is 166 g/mol. The van der Waals surface area contributed by atoms with Gasteiger partial charge in [0.05, 0.1) is 0 Å². The molecule has 0 N–H and O–H groups in total. The van der Waals surface area contributed by atoms with E-state index in [9.17, 15) is 0 Å². The highest BCUT2D eigenvalue weighted by Gasteiger charge is 2.38. The predicted molar refractivity (Wildman–Crippen MR) is 58.2 cm³/mol. The van der Waals surface area contributed by atoms with Crippen molar-refractivity contribution < 1.29 is 0 Å². The Hall–Kier alpha value is 0.0649. The summed E-state index contributed by atoms with van der Waals surface area (Å²) < 4.78 is 0. The van der Waals surface area contributed by atoms with Gasteiger partial charge in [0.25, 0.3) is 0 Å². The molecule has 0 amide bonds. The van der Waals surface area contributed by atoms with Crippen LogP contribution in [0.1, 0.15) is 53.4 Å². The standard InChI is InChI=1S/C11H23B/c1-5-10-7-8-11(6-2)12(10)9(3)4/h9-11H,5-8H2,1-4H3. The predicted octanol–water partition coefficient (Wildman–Crippen LogP) is 4.25. The highest BCUT2D eigenvalue weighted by molar-refractivity contribution is 6.64. The van der Waals surface area contributed by atoms with Crippen molar-refractivity contribution >= 4 is 6.71 Å². The molecule has 0 radical (unpaired) electrons. The van der Waals surface area contributed by atoms with Crippen LogP contribution in [0, 0.1) is 0 Å². The van der Waals surface area contributed by atoms with Crippen molar-refractivity contribution in [1.82, 2.24) is 0 Å². The van der Waals surface area contributed by atoms with Crippen LogP contribution in [0.5, 0.6) is 0 Å². The summed E-state index contributed by atoms with van der Waals surface area (Å²) in [5, 5.41) is 0. The Morgan fingerprint density at radius 2 is 1.50 bits per heavy atom. The summed E-state index contributed by atoms with van der Waals surface area (Å²) in [6.07, 6.45) is 5.80. The molecule has 0 aliphatic carbocycles. The molecule has 1 heterocycles. The first-order valence-corrected chi connectivity index (χ1v) is 5.70. The molecule has 0 aromatic heterocycles. The third-order valence-electron chi connectivity index (χ3n) is 3.82. The summed E-state index contributed by atoms with van der Waals surface area (Å²) in [7, 11) is 0. The maximum atomic E-state index is 2.40. The number of hydrogen-bond acceptors (Lipinski definition) is 0. The molecule has 1 aliphatic heterocycles. The van der Waals surface area contributed by atoms with Crippen LogP contribution in [-0.4, -0.2) is 6.71 Å². The summed E-state index contributed by atoms with van der Waals surface area (Å²) in [6.45, 7) is 10.6. The summed E-state index contributed by atoms with van der Waals surface area (Å²) in [6, 6.07) is 0. The zero-order valence-electron chi connectivity index (χ0n) is 9.14. The van der Waals surface area contributed by atoms with Crippen molar-refractivity contribution in [1.29, 1.82) is 0 Å². The molecule has 2 unspecified atom stereocenters. The molecular formula is C11H23B. The minimum atomic E-state index is 0.905. The van der Waals surface area contributed by atoms with Crippen molar-refractivity contribution in [2.24, 2.45) is 0 Å². The van der Waals surface area contributed by atoms with Crippen LogP contribution in [0.4, 0.5) is 0 Å². The van der Waals surface area contributed by atoms with Crippen LogP contribution in [0.3, 0.4) is 0 Å². The van der Waals surface area contributed by atoms with Gasteiger partial charge in [-0.05, 0) is 0 Å². The van der Waals surface area contributed by atoms with E-state index in [0.717, 1.165) is 24.2 Å². The maximum absolute atomic E-state index is 2.40. The van der Waals surface area contributed by atoms with Crippen LogP contribution < -0.4 is 0 Å². The van der Waals surface area contributed by atoms with Crippen molar-refractivity contribution in [3.8, 4) is 0 Å². The smallest absolute Gasteiger partial charge is 0.0693 e. The molecule has 0 saturated carbocycles. The van der Waals surface area contributed by atoms with E-state index in [-0.39, 0.29) is 0 Å². The van der Waals surface area contributed by atoms with E-state index in [1.807, 2.05) is 0 Å². The molecule has 1 saturated heterocycles. The Balaban J connectivity index is 2.59. The average Bonchev–Trinajstić information content (AvgIpc) is 2.46. The lowest BCUT2D eigenvalue weighted by Crippen LogP contribution is -2.23. The zero-order valence-corrected chi connectivity index (χ0v) is 9.14. The molecule has 1 aliphatic rings. The molecule has 0 aromatic rings. The molecule has 1 rings (SSSR count). The van der Waals surface area contributed by atoms with Crippen LogP contribution >= 0.6 is 0 Å². The number of hydrogen-bond donors (Lipinski definition) is 0. The Morgan fingerprint density at radius 1 is 1.08 bits per heavy atom. The summed E-state index contributed by atoms with van der Waals surface area (Å²) in [4.78, 5) is 0. The molecule has 1 fully saturated rings. The molecule has 0 bridgehead atoms. The third-order valence-corrected chi connectivity index (χ3v) is 3.82. The van der Waals surface area contributed by atoms with Crippen molar-refractivity contribution in [2.45, 2.75) is 70.8 Å². The van der Waals surface area contributed by atoms with Gasteiger partial charge in [0, 0.05) is 0 Å². The lowest BCUT2D eigenvalue weighted by Gasteiger charge is -2.23. The van der Waals surface area contributed by atoms with Crippen molar-refractivity contribution in [3.63, 3.8) is 0 Å². The maximum Gasteiger partial charge on any atom is 0.149 e. The second kappa shape index (κ2) is 4.34. The fraction of sp³-hybridized carbons (Fsp3) is 1.00. The van der Waals surface area contributed by atoms with E-state index in [2.05, 4.69) is 27.7 Å². The van der Waals surface area contributed by atoms with Gasteiger partial charge in [-0.25, -0.2) is 0 Å². The Bertz CT molecular complexity index is 119. The molecular weight excluding hydrogens is 143 g/mol. The molecule has 0 nitrogen and oxygen atoms in total. The van der Waals surface area contributed by atoms with E-state index in [1.165, 1.54) is 25.7 Å². The third kappa shape index (κ3) is 1.86. The van der Waals surface area contributed by atoms with Crippen LogP contribution in [-0.2, 0) is 0 Å². The van der Waals surface area contributed by atoms with E-state index in [0.29, 0.717) is 0 Å².